The fourth-order valence-electron chi connectivity index (χ4n) is 3.53. The van der Waals surface area contributed by atoms with Crippen LogP contribution in [0.5, 0.6) is 0 Å². The van der Waals surface area contributed by atoms with E-state index in [-0.39, 0.29) is 36.4 Å². The second-order valence-corrected chi connectivity index (χ2v) is 6.92. The zero-order valence-corrected chi connectivity index (χ0v) is 13.5. The number of fused-ring (bicyclic) bond motifs is 3. The SMILES string of the molecule is COCC1=C2C(=C[C@@]3(C)CC[C@](O)(O3)[C@@](C)(O)C[C@@H]2O)OC1=O. The van der Waals surface area contributed by atoms with Gasteiger partial charge in [-0.05, 0) is 26.3 Å². The van der Waals surface area contributed by atoms with Gasteiger partial charge in [0.05, 0.1) is 23.9 Å². The normalized spacial score (nSPS) is 43.5. The van der Waals surface area contributed by atoms with Crippen molar-refractivity contribution in [2.45, 2.75) is 56.2 Å². The summed E-state index contributed by atoms with van der Waals surface area (Å²) in [6, 6.07) is 0. The average Bonchev–Trinajstić information content (AvgIpc) is 2.89. The van der Waals surface area contributed by atoms with Gasteiger partial charge in [-0.25, -0.2) is 4.79 Å². The summed E-state index contributed by atoms with van der Waals surface area (Å²) < 4.78 is 16.0. The highest BCUT2D eigenvalue weighted by atomic mass is 16.7. The Morgan fingerprint density at radius 2 is 2.04 bits per heavy atom. The standard InChI is InChI=1S/C16H22O7/c1-14-4-5-16(20,23-14)15(2,19)6-10(17)12-9(8-21-3)13(18)22-11(12)7-14/h7,10,17,19-20H,4-6,8H2,1-3H3/t10-,14+,15-,16-/m0/s1. The molecule has 1 fully saturated rings. The lowest BCUT2D eigenvalue weighted by atomic mass is 9.82. The van der Waals surface area contributed by atoms with Crippen molar-refractivity contribution >= 4 is 5.97 Å². The topological polar surface area (TPSA) is 105 Å². The summed E-state index contributed by atoms with van der Waals surface area (Å²) in [5.74, 6) is -2.15. The molecule has 3 heterocycles. The van der Waals surface area contributed by atoms with Crippen molar-refractivity contribution in [3.05, 3.63) is 23.0 Å². The fourth-order valence-corrected chi connectivity index (χ4v) is 3.53. The van der Waals surface area contributed by atoms with Gasteiger partial charge in [-0.3, -0.25) is 0 Å². The first-order valence-corrected chi connectivity index (χ1v) is 7.61. The molecule has 7 nitrogen and oxygen atoms in total. The Kier molecular flexibility index (Phi) is 3.70. The number of aliphatic hydroxyl groups is 3. The van der Waals surface area contributed by atoms with Crippen molar-refractivity contribution in [1.82, 2.24) is 0 Å². The van der Waals surface area contributed by atoms with Gasteiger partial charge in [-0.2, -0.15) is 0 Å². The molecule has 0 aliphatic carbocycles. The molecule has 2 bridgehead atoms. The molecule has 0 aromatic heterocycles. The maximum absolute atomic E-state index is 12.1. The molecule has 3 aliphatic heterocycles. The van der Waals surface area contributed by atoms with Crippen LogP contribution in [-0.4, -0.2) is 58.1 Å². The number of hydrogen-bond acceptors (Lipinski definition) is 7. The van der Waals surface area contributed by atoms with Crippen LogP contribution in [0.4, 0.5) is 0 Å². The molecular weight excluding hydrogens is 304 g/mol. The maximum Gasteiger partial charge on any atom is 0.342 e. The molecule has 23 heavy (non-hydrogen) atoms. The Labute approximate surface area is 134 Å². The summed E-state index contributed by atoms with van der Waals surface area (Å²) in [6.45, 7) is 3.15. The number of carbonyl (C=O) groups excluding carboxylic acids is 1. The van der Waals surface area contributed by atoms with Gasteiger partial charge in [0.2, 0.25) is 0 Å². The number of methoxy groups -OCH3 is 1. The smallest absolute Gasteiger partial charge is 0.342 e. The molecule has 7 heteroatoms. The second-order valence-electron chi connectivity index (χ2n) is 6.92. The number of carbonyl (C=O) groups is 1. The molecule has 0 spiro atoms. The largest absolute Gasteiger partial charge is 0.423 e. The molecular formula is C16H22O7. The van der Waals surface area contributed by atoms with Gasteiger partial charge in [0.25, 0.3) is 0 Å². The first kappa shape index (κ1) is 16.6. The van der Waals surface area contributed by atoms with E-state index in [1.165, 1.54) is 14.0 Å². The van der Waals surface area contributed by atoms with E-state index >= 15 is 0 Å². The molecule has 0 aromatic carbocycles. The van der Waals surface area contributed by atoms with Gasteiger partial charge < -0.3 is 29.5 Å². The highest BCUT2D eigenvalue weighted by Gasteiger charge is 2.58. The van der Waals surface area contributed by atoms with E-state index in [9.17, 15) is 20.1 Å². The van der Waals surface area contributed by atoms with E-state index in [0.717, 1.165) is 0 Å². The van der Waals surface area contributed by atoms with Crippen LogP contribution < -0.4 is 0 Å². The van der Waals surface area contributed by atoms with Crippen LogP contribution in [0.2, 0.25) is 0 Å². The zero-order valence-electron chi connectivity index (χ0n) is 13.5. The van der Waals surface area contributed by atoms with E-state index < -0.39 is 29.1 Å². The molecule has 128 valence electrons. The number of ether oxygens (including phenoxy) is 3. The van der Waals surface area contributed by atoms with Crippen molar-refractivity contribution in [1.29, 1.82) is 0 Å². The summed E-state index contributed by atoms with van der Waals surface area (Å²) in [5.41, 5.74) is -2.09. The van der Waals surface area contributed by atoms with Gasteiger partial charge in [-0.1, -0.05) is 0 Å². The van der Waals surface area contributed by atoms with Crippen LogP contribution in [0.15, 0.2) is 23.0 Å². The van der Waals surface area contributed by atoms with Gasteiger partial charge in [-0.15, -0.1) is 0 Å². The second kappa shape index (κ2) is 5.12. The van der Waals surface area contributed by atoms with Gasteiger partial charge >= 0.3 is 5.97 Å². The zero-order chi connectivity index (χ0) is 17.0. The van der Waals surface area contributed by atoms with Crippen molar-refractivity contribution in [2.75, 3.05) is 13.7 Å². The van der Waals surface area contributed by atoms with Gasteiger partial charge in [0, 0.05) is 25.5 Å². The number of aliphatic hydroxyl groups excluding tert-OH is 1. The van der Waals surface area contributed by atoms with E-state index in [1.807, 2.05) is 0 Å². The molecule has 1 saturated heterocycles. The first-order chi connectivity index (χ1) is 10.6. The number of rotatable bonds is 2. The third-order valence-electron chi connectivity index (χ3n) is 4.89. The Morgan fingerprint density at radius 3 is 2.70 bits per heavy atom. The Hall–Kier alpha value is -1.25. The van der Waals surface area contributed by atoms with Crippen LogP contribution in [0.3, 0.4) is 0 Å². The summed E-state index contributed by atoms with van der Waals surface area (Å²) in [4.78, 5) is 12.1. The molecule has 3 N–H and O–H groups in total. The minimum absolute atomic E-state index is 0.00739. The molecule has 4 atom stereocenters. The van der Waals surface area contributed by atoms with Gasteiger partial charge in [0.15, 0.2) is 5.79 Å². The predicted octanol–water partition coefficient (Wildman–Crippen LogP) is 0.143. The molecule has 3 rings (SSSR count). The lowest BCUT2D eigenvalue weighted by Crippen LogP contribution is -2.54. The van der Waals surface area contributed by atoms with E-state index in [1.54, 1.807) is 13.0 Å². The molecule has 0 amide bonds. The highest BCUT2D eigenvalue weighted by molar-refractivity contribution is 5.95. The van der Waals surface area contributed by atoms with Crippen LogP contribution >= 0.6 is 0 Å². The van der Waals surface area contributed by atoms with E-state index in [0.29, 0.717) is 6.42 Å². The molecule has 0 radical (unpaired) electrons. The van der Waals surface area contributed by atoms with Crippen LogP contribution in [0.25, 0.3) is 0 Å². The molecule has 0 unspecified atom stereocenters. The third kappa shape index (κ3) is 2.53. The fraction of sp³-hybridized carbons (Fsp3) is 0.688. The van der Waals surface area contributed by atoms with Crippen molar-refractivity contribution in [3.63, 3.8) is 0 Å². The van der Waals surface area contributed by atoms with E-state index in [4.69, 9.17) is 14.2 Å². The predicted molar refractivity (Wildman–Crippen MR) is 78.0 cm³/mol. The van der Waals surface area contributed by atoms with Gasteiger partial charge in [0.1, 0.15) is 11.4 Å². The van der Waals surface area contributed by atoms with E-state index in [2.05, 4.69) is 0 Å². The molecule has 0 saturated carbocycles. The molecule has 0 aromatic rings. The lowest BCUT2D eigenvalue weighted by molar-refractivity contribution is -0.297. The minimum atomic E-state index is -1.77. The highest BCUT2D eigenvalue weighted by Crippen LogP contribution is 2.48. The third-order valence-corrected chi connectivity index (χ3v) is 4.89. The Balaban J connectivity index is 2.14. The summed E-state index contributed by atoms with van der Waals surface area (Å²) in [7, 11) is 1.44. The Bertz CT molecular complexity index is 606. The molecule has 3 aliphatic rings. The monoisotopic (exact) mass is 326 g/mol. The summed E-state index contributed by atoms with van der Waals surface area (Å²) in [6.07, 6.45) is 0.861. The minimum Gasteiger partial charge on any atom is -0.423 e. The number of esters is 1. The van der Waals surface area contributed by atoms with Crippen LogP contribution in [-0.2, 0) is 19.0 Å². The number of hydrogen-bond donors (Lipinski definition) is 3. The quantitative estimate of drug-likeness (QED) is 0.620. The summed E-state index contributed by atoms with van der Waals surface area (Å²) >= 11 is 0. The Morgan fingerprint density at radius 1 is 1.35 bits per heavy atom. The van der Waals surface area contributed by atoms with Crippen molar-refractivity contribution < 1.29 is 34.3 Å². The van der Waals surface area contributed by atoms with Crippen molar-refractivity contribution in [3.8, 4) is 0 Å². The first-order valence-electron chi connectivity index (χ1n) is 7.61. The summed E-state index contributed by atoms with van der Waals surface area (Å²) in [5, 5.41) is 32.0. The average molecular weight is 326 g/mol. The van der Waals surface area contributed by atoms with Crippen molar-refractivity contribution in [2.24, 2.45) is 0 Å². The lowest BCUT2D eigenvalue weighted by Gasteiger charge is -2.39. The van der Waals surface area contributed by atoms with Crippen LogP contribution in [0, 0.1) is 0 Å². The van der Waals surface area contributed by atoms with Crippen LogP contribution in [0.1, 0.15) is 33.1 Å². The maximum atomic E-state index is 12.1.